The predicted molar refractivity (Wildman–Crippen MR) is 84.6 cm³/mol. The van der Waals surface area contributed by atoms with Crippen LogP contribution in [0.25, 0.3) is 5.57 Å². The number of benzene rings is 1. The summed E-state index contributed by atoms with van der Waals surface area (Å²) in [6.07, 6.45) is 7.49. The van der Waals surface area contributed by atoms with E-state index in [0.29, 0.717) is 5.56 Å². The number of carbonyl (C=O) groups is 1. The number of aromatic hydroxyl groups is 1. The molecule has 0 aliphatic heterocycles. The topological polar surface area (TPSA) is 57.5 Å². The molecule has 4 saturated carbocycles. The molecule has 4 bridgehead atoms. The number of carboxylic acid groups (broad SMARTS) is 1. The van der Waals surface area contributed by atoms with Crippen LogP contribution in [0.1, 0.15) is 49.7 Å². The average Bonchev–Trinajstić information content (AvgIpc) is 2.45. The Morgan fingerprint density at radius 2 is 1.64 bits per heavy atom. The number of hydrogen-bond donors (Lipinski definition) is 2. The Kier molecular flexibility index (Phi) is 2.91. The first-order valence-corrected chi connectivity index (χ1v) is 8.23. The van der Waals surface area contributed by atoms with Crippen LogP contribution >= 0.6 is 0 Å². The van der Waals surface area contributed by atoms with Gasteiger partial charge in [0.1, 0.15) is 5.75 Å². The maximum atomic E-state index is 11.2. The second-order valence-corrected chi connectivity index (χ2v) is 7.68. The van der Waals surface area contributed by atoms with Crippen molar-refractivity contribution < 1.29 is 15.0 Å². The van der Waals surface area contributed by atoms with Crippen LogP contribution in [0.2, 0.25) is 0 Å². The first-order chi connectivity index (χ1) is 10.5. The van der Waals surface area contributed by atoms with Gasteiger partial charge in [-0.15, -0.1) is 0 Å². The predicted octanol–water partition coefficient (Wildman–Crippen LogP) is 3.96. The van der Waals surface area contributed by atoms with Crippen LogP contribution in [0.3, 0.4) is 0 Å². The average molecular weight is 298 g/mol. The van der Waals surface area contributed by atoms with Crippen molar-refractivity contribution in [3.63, 3.8) is 0 Å². The van der Waals surface area contributed by atoms with Crippen molar-refractivity contribution in [1.82, 2.24) is 0 Å². The van der Waals surface area contributed by atoms with E-state index in [4.69, 9.17) is 0 Å². The molecule has 0 unspecified atom stereocenters. The van der Waals surface area contributed by atoms with Gasteiger partial charge in [-0.2, -0.15) is 0 Å². The molecule has 0 saturated heterocycles. The molecule has 0 amide bonds. The molecule has 2 N–H and O–H groups in total. The Balaban J connectivity index is 1.78. The molecule has 1 aromatic rings. The lowest BCUT2D eigenvalue weighted by molar-refractivity contribution is -0.130. The van der Waals surface area contributed by atoms with Gasteiger partial charge in [0.2, 0.25) is 0 Å². The summed E-state index contributed by atoms with van der Waals surface area (Å²) in [5, 5.41) is 19.9. The summed E-state index contributed by atoms with van der Waals surface area (Å²) in [7, 11) is 0. The summed E-state index contributed by atoms with van der Waals surface area (Å²) < 4.78 is 0. The smallest absolute Gasteiger partial charge is 0.335 e. The van der Waals surface area contributed by atoms with E-state index < -0.39 is 5.97 Å². The van der Waals surface area contributed by atoms with Crippen molar-refractivity contribution in [3.8, 4) is 5.75 Å². The highest BCUT2D eigenvalue weighted by atomic mass is 16.4. The number of rotatable bonds is 3. The zero-order valence-corrected chi connectivity index (χ0v) is 12.7. The first-order valence-electron chi connectivity index (χ1n) is 8.23. The Morgan fingerprint density at radius 3 is 2.14 bits per heavy atom. The van der Waals surface area contributed by atoms with Crippen LogP contribution in [0.4, 0.5) is 0 Å². The molecule has 0 heterocycles. The minimum Gasteiger partial charge on any atom is -0.507 e. The molecular weight excluding hydrogens is 276 g/mol. The number of carboxylic acids is 1. The van der Waals surface area contributed by atoms with Crippen molar-refractivity contribution in [2.75, 3.05) is 0 Å². The van der Waals surface area contributed by atoms with E-state index in [1.54, 1.807) is 6.07 Å². The molecule has 22 heavy (non-hydrogen) atoms. The summed E-state index contributed by atoms with van der Waals surface area (Å²) in [6, 6.07) is 5.54. The SMILES string of the molecule is C=C(C(=O)O)c1cccc(C23CC4CC(CC(C4)C2)C3)c1O. The van der Waals surface area contributed by atoms with Crippen molar-refractivity contribution >= 4 is 11.5 Å². The van der Waals surface area contributed by atoms with Crippen LogP contribution in [0.15, 0.2) is 24.8 Å². The van der Waals surface area contributed by atoms with Crippen molar-refractivity contribution in [1.29, 1.82) is 0 Å². The summed E-state index contributed by atoms with van der Waals surface area (Å²) in [4.78, 5) is 11.2. The molecule has 0 aromatic heterocycles. The van der Waals surface area contributed by atoms with E-state index >= 15 is 0 Å². The van der Waals surface area contributed by atoms with E-state index in [2.05, 4.69) is 6.58 Å². The number of para-hydroxylation sites is 1. The van der Waals surface area contributed by atoms with Gasteiger partial charge in [-0.05, 0) is 61.7 Å². The molecule has 5 rings (SSSR count). The Labute approximate surface area is 130 Å². The van der Waals surface area contributed by atoms with Crippen LogP contribution in [-0.4, -0.2) is 16.2 Å². The second kappa shape index (κ2) is 4.61. The molecule has 3 nitrogen and oxygen atoms in total. The molecule has 1 aromatic carbocycles. The molecule has 0 spiro atoms. The maximum absolute atomic E-state index is 11.2. The van der Waals surface area contributed by atoms with Gasteiger partial charge in [-0.25, -0.2) is 4.79 Å². The normalized spacial score (nSPS) is 35.5. The molecule has 4 fully saturated rings. The zero-order chi connectivity index (χ0) is 15.5. The fraction of sp³-hybridized carbons (Fsp3) is 0.526. The fourth-order valence-electron chi connectivity index (χ4n) is 5.77. The number of phenolic OH excluding ortho intramolecular Hbond substituents is 1. The summed E-state index contributed by atoms with van der Waals surface area (Å²) in [5.74, 6) is 1.45. The lowest BCUT2D eigenvalue weighted by atomic mass is 9.48. The molecule has 0 atom stereocenters. The molecule has 116 valence electrons. The maximum Gasteiger partial charge on any atom is 0.335 e. The standard InChI is InChI=1S/C19H22O3/c1-11(18(21)22)15-3-2-4-16(17(15)20)19-8-12-5-13(9-19)7-14(6-12)10-19/h2-4,12-14,20H,1,5-10H2,(H,21,22). The lowest BCUT2D eigenvalue weighted by Crippen LogP contribution is -2.48. The summed E-state index contributed by atoms with van der Waals surface area (Å²) >= 11 is 0. The molecule has 0 radical (unpaired) electrons. The number of phenols is 1. The third kappa shape index (κ3) is 1.91. The zero-order valence-electron chi connectivity index (χ0n) is 12.7. The first kappa shape index (κ1) is 13.9. The van der Waals surface area contributed by atoms with Gasteiger partial charge in [0, 0.05) is 11.1 Å². The van der Waals surface area contributed by atoms with Gasteiger partial charge in [0.05, 0.1) is 5.57 Å². The van der Waals surface area contributed by atoms with E-state index in [-0.39, 0.29) is 16.7 Å². The highest BCUT2D eigenvalue weighted by Crippen LogP contribution is 2.62. The van der Waals surface area contributed by atoms with Crippen molar-refractivity contribution in [2.24, 2.45) is 17.8 Å². The Morgan fingerprint density at radius 1 is 1.09 bits per heavy atom. The molecular formula is C19H22O3. The van der Waals surface area contributed by atoms with Crippen molar-refractivity contribution in [3.05, 3.63) is 35.9 Å². The molecule has 3 heteroatoms. The van der Waals surface area contributed by atoms with Gasteiger partial charge in [0.25, 0.3) is 0 Å². The third-order valence-electron chi connectivity index (χ3n) is 6.23. The lowest BCUT2D eigenvalue weighted by Gasteiger charge is -2.57. The quantitative estimate of drug-likeness (QED) is 0.830. The van der Waals surface area contributed by atoms with Gasteiger partial charge >= 0.3 is 5.97 Å². The van der Waals surface area contributed by atoms with Gasteiger partial charge < -0.3 is 10.2 Å². The van der Waals surface area contributed by atoms with Crippen LogP contribution < -0.4 is 0 Å². The van der Waals surface area contributed by atoms with Crippen molar-refractivity contribution in [2.45, 2.75) is 43.9 Å². The minimum absolute atomic E-state index is 0.0240. The largest absolute Gasteiger partial charge is 0.507 e. The highest BCUT2D eigenvalue weighted by molar-refractivity contribution is 6.15. The molecule has 4 aliphatic rings. The van der Waals surface area contributed by atoms with E-state index in [1.807, 2.05) is 12.1 Å². The van der Waals surface area contributed by atoms with Crippen LogP contribution in [0.5, 0.6) is 5.75 Å². The summed E-state index contributed by atoms with van der Waals surface area (Å²) in [5.41, 5.74) is 1.38. The minimum atomic E-state index is -1.07. The fourth-order valence-corrected chi connectivity index (χ4v) is 5.77. The van der Waals surface area contributed by atoms with E-state index in [1.165, 1.54) is 19.3 Å². The molecule has 4 aliphatic carbocycles. The van der Waals surface area contributed by atoms with E-state index in [9.17, 15) is 15.0 Å². The van der Waals surface area contributed by atoms with Gasteiger partial charge in [-0.1, -0.05) is 24.8 Å². The Hall–Kier alpha value is -1.77. The van der Waals surface area contributed by atoms with Gasteiger partial charge in [0.15, 0.2) is 0 Å². The van der Waals surface area contributed by atoms with Gasteiger partial charge in [-0.3, -0.25) is 0 Å². The van der Waals surface area contributed by atoms with E-state index in [0.717, 1.165) is 42.6 Å². The van der Waals surface area contributed by atoms with Crippen LogP contribution in [-0.2, 0) is 10.2 Å². The second-order valence-electron chi connectivity index (χ2n) is 7.68. The number of aliphatic carboxylic acids is 1. The highest BCUT2D eigenvalue weighted by Gasteiger charge is 2.52. The summed E-state index contributed by atoms with van der Waals surface area (Å²) in [6.45, 7) is 3.61. The number of hydrogen-bond acceptors (Lipinski definition) is 2. The van der Waals surface area contributed by atoms with Crippen LogP contribution in [0, 0.1) is 17.8 Å². The Bertz CT molecular complexity index is 623. The third-order valence-corrected chi connectivity index (χ3v) is 6.23. The monoisotopic (exact) mass is 298 g/mol.